The van der Waals surface area contributed by atoms with Gasteiger partial charge in [0.05, 0.1) is 12.3 Å². The van der Waals surface area contributed by atoms with Gasteiger partial charge in [-0.3, -0.25) is 9.59 Å². The van der Waals surface area contributed by atoms with Crippen LogP contribution in [0.15, 0.2) is 82.2 Å². The Morgan fingerprint density at radius 3 is 2.24 bits per heavy atom. The van der Waals surface area contributed by atoms with Gasteiger partial charge in [-0.2, -0.15) is 0 Å². The van der Waals surface area contributed by atoms with Gasteiger partial charge in [-0.15, -0.1) is 0 Å². The largest absolute Gasteiger partial charge is 0.494 e. The smallest absolute Gasteiger partial charge is 0.283 e. The van der Waals surface area contributed by atoms with Gasteiger partial charge >= 0.3 is 0 Å². The van der Waals surface area contributed by atoms with Crippen molar-refractivity contribution in [1.82, 2.24) is 0 Å². The fraction of sp³-hybridized carbons (Fsp3) is 0.154. The molecule has 3 aromatic carbocycles. The zero-order chi connectivity index (χ0) is 23.5. The Morgan fingerprint density at radius 1 is 0.909 bits per heavy atom. The summed E-state index contributed by atoms with van der Waals surface area (Å²) in [5.74, 6) is -0.105. The molecule has 0 aromatic heterocycles. The number of carbonyl (C=O) groups excluding carboxylic acids is 2. The minimum atomic E-state index is -0.404. The quantitative estimate of drug-likeness (QED) is 0.401. The van der Waals surface area contributed by atoms with Crippen LogP contribution in [0.5, 0.6) is 5.75 Å². The third-order valence-electron chi connectivity index (χ3n) is 5.26. The maximum absolute atomic E-state index is 13.5. The van der Waals surface area contributed by atoms with Gasteiger partial charge in [-0.05, 0) is 92.6 Å². The zero-order valence-corrected chi connectivity index (χ0v) is 20.1. The Morgan fingerprint density at radius 2 is 1.61 bits per heavy atom. The summed E-state index contributed by atoms with van der Waals surface area (Å²) >= 11 is 7.25. The molecule has 0 fully saturated rings. The average Bonchev–Trinajstić information content (AvgIpc) is 3.02. The molecule has 0 radical (unpaired) electrons. The average molecular weight is 479 g/mol. The summed E-state index contributed by atoms with van der Waals surface area (Å²) in [6.07, 6.45) is 0. The predicted molar refractivity (Wildman–Crippen MR) is 134 cm³/mol. The molecule has 33 heavy (non-hydrogen) atoms. The highest BCUT2D eigenvalue weighted by Crippen LogP contribution is 2.38. The van der Waals surface area contributed by atoms with Crippen molar-refractivity contribution in [2.75, 3.05) is 16.8 Å². The van der Waals surface area contributed by atoms with Crippen molar-refractivity contribution in [3.8, 4) is 5.75 Å². The normalized spacial score (nSPS) is 13.6. The first-order valence-corrected chi connectivity index (χ1v) is 11.7. The number of hydrogen-bond acceptors (Lipinski definition) is 5. The van der Waals surface area contributed by atoms with Gasteiger partial charge in [0.15, 0.2) is 0 Å². The Labute approximate surface area is 202 Å². The van der Waals surface area contributed by atoms with Crippen molar-refractivity contribution in [2.24, 2.45) is 0 Å². The van der Waals surface area contributed by atoms with E-state index < -0.39 is 5.91 Å². The summed E-state index contributed by atoms with van der Waals surface area (Å²) < 4.78 is 5.48. The molecule has 5 nitrogen and oxygen atoms in total. The first-order valence-electron chi connectivity index (χ1n) is 10.5. The van der Waals surface area contributed by atoms with Crippen LogP contribution in [0.25, 0.3) is 0 Å². The fourth-order valence-corrected chi connectivity index (χ4v) is 4.44. The molecule has 7 heteroatoms. The van der Waals surface area contributed by atoms with Crippen molar-refractivity contribution >= 4 is 46.6 Å². The van der Waals surface area contributed by atoms with E-state index in [1.807, 2.05) is 51.1 Å². The summed E-state index contributed by atoms with van der Waals surface area (Å²) in [6, 6.07) is 19.9. The number of anilines is 2. The summed E-state index contributed by atoms with van der Waals surface area (Å²) in [5, 5.41) is 3.80. The number of rotatable bonds is 7. The minimum Gasteiger partial charge on any atom is -0.494 e. The molecule has 0 spiro atoms. The number of hydrogen-bond donors (Lipinski definition) is 1. The Hall–Kier alpha value is -3.22. The van der Waals surface area contributed by atoms with Crippen molar-refractivity contribution in [3.63, 3.8) is 0 Å². The summed E-state index contributed by atoms with van der Waals surface area (Å²) in [5.41, 5.74) is 3.72. The van der Waals surface area contributed by atoms with Crippen molar-refractivity contribution in [3.05, 3.63) is 93.5 Å². The third kappa shape index (κ3) is 4.92. The fourth-order valence-electron chi connectivity index (χ4n) is 3.39. The van der Waals surface area contributed by atoms with Gasteiger partial charge in [0.1, 0.15) is 16.4 Å². The molecule has 1 heterocycles. The molecule has 2 amide bonds. The molecule has 0 atom stereocenters. The van der Waals surface area contributed by atoms with Crippen molar-refractivity contribution < 1.29 is 14.3 Å². The number of thioether (sulfide) groups is 1. The second-order valence-corrected chi connectivity index (χ2v) is 9.08. The number of benzene rings is 3. The molecule has 1 aliphatic heterocycles. The maximum Gasteiger partial charge on any atom is 0.283 e. The van der Waals surface area contributed by atoms with Gasteiger partial charge in [-0.1, -0.05) is 29.4 Å². The molecule has 0 saturated carbocycles. The lowest BCUT2D eigenvalue weighted by molar-refractivity contribution is -0.120. The predicted octanol–water partition coefficient (Wildman–Crippen LogP) is 6.34. The third-order valence-corrected chi connectivity index (χ3v) is 6.60. The first-order chi connectivity index (χ1) is 15.9. The molecule has 0 bridgehead atoms. The monoisotopic (exact) mass is 478 g/mol. The van der Waals surface area contributed by atoms with Gasteiger partial charge < -0.3 is 10.1 Å². The number of carbonyl (C=O) groups is 2. The number of amides is 2. The standard InChI is InChI=1S/C26H23ClN2O3S/c1-4-32-21-11-9-20(10-12-21)29-25(30)23(28-19-8-5-16(2)17(3)15-19)24(26(29)31)33-22-13-6-18(27)7-14-22/h5-15,28H,4H2,1-3H3. The van der Waals surface area contributed by atoms with Crippen LogP contribution in [0.4, 0.5) is 11.4 Å². The highest BCUT2D eigenvalue weighted by molar-refractivity contribution is 8.04. The number of nitrogens with one attached hydrogen (secondary N) is 1. The van der Waals surface area contributed by atoms with Crippen molar-refractivity contribution in [1.29, 1.82) is 0 Å². The molecule has 4 rings (SSSR count). The lowest BCUT2D eigenvalue weighted by Crippen LogP contribution is -2.32. The highest BCUT2D eigenvalue weighted by atomic mass is 35.5. The lowest BCUT2D eigenvalue weighted by atomic mass is 10.1. The van der Waals surface area contributed by atoms with Crippen LogP contribution in [0.2, 0.25) is 5.02 Å². The van der Waals surface area contributed by atoms with Gasteiger partial charge in [-0.25, -0.2) is 4.90 Å². The Bertz CT molecular complexity index is 1240. The van der Waals surface area contributed by atoms with Crippen LogP contribution in [0, 0.1) is 13.8 Å². The second-order valence-electron chi connectivity index (χ2n) is 7.56. The highest BCUT2D eigenvalue weighted by Gasteiger charge is 2.40. The molecule has 3 aromatic rings. The van der Waals surface area contributed by atoms with Crippen LogP contribution in [0.3, 0.4) is 0 Å². The molecule has 1 aliphatic rings. The first kappa shape index (κ1) is 23.0. The number of imide groups is 1. The number of nitrogens with zero attached hydrogens (tertiary/aromatic N) is 1. The van der Waals surface area contributed by atoms with E-state index in [2.05, 4.69) is 5.32 Å². The van der Waals surface area contributed by atoms with E-state index >= 15 is 0 Å². The minimum absolute atomic E-state index is 0.247. The van der Waals surface area contributed by atoms with E-state index in [4.69, 9.17) is 16.3 Å². The maximum atomic E-state index is 13.5. The zero-order valence-electron chi connectivity index (χ0n) is 18.5. The van der Waals surface area contributed by atoms with Crippen LogP contribution in [-0.4, -0.2) is 18.4 Å². The number of ether oxygens (including phenoxy) is 1. The molecule has 168 valence electrons. The van der Waals surface area contributed by atoms with Crippen LogP contribution in [0.1, 0.15) is 18.1 Å². The molecule has 0 aliphatic carbocycles. The summed E-state index contributed by atoms with van der Waals surface area (Å²) in [6.45, 7) is 6.47. The van der Waals surface area contributed by atoms with Crippen molar-refractivity contribution in [2.45, 2.75) is 25.7 Å². The topological polar surface area (TPSA) is 58.6 Å². The number of halogens is 1. The lowest BCUT2D eigenvalue weighted by Gasteiger charge is -2.16. The molecule has 0 saturated heterocycles. The van der Waals surface area contributed by atoms with E-state index in [1.54, 1.807) is 36.4 Å². The summed E-state index contributed by atoms with van der Waals surface area (Å²) in [4.78, 5) is 29.2. The number of aryl methyl sites for hydroxylation is 2. The van der Waals surface area contributed by atoms with E-state index in [-0.39, 0.29) is 11.6 Å². The van der Waals surface area contributed by atoms with Gasteiger partial charge in [0, 0.05) is 15.6 Å². The van der Waals surface area contributed by atoms with E-state index in [1.165, 1.54) is 16.7 Å². The van der Waals surface area contributed by atoms with Crippen LogP contribution < -0.4 is 15.0 Å². The summed E-state index contributed by atoms with van der Waals surface area (Å²) in [7, 11) is 0. The van der Waals surface area contributed by atoms with E-state index in [0.29, 0.717) is 28.0 Å². The molecule has 1 N–H and O–H groups in total. The second kappa shape index (κ2) is 9.73. The molecule has 0 unspecified atom stereocenters. The van der Waals surface area contributed by atoms with Gasteiger partial charge in [0.25, 0.3) is 11.8 Å². The van der Waals surface area contributed by atoms with E-state index in [0.717, 1.165) is 21.7 Å². The van der Waals surface area contributed by atoms with E-state index in [9.17, 15) is 9.59 Å². The SMILES string of the molecule is CCOc1ccc(N2C(=O)C(Nc3ccc(C)c(C)c3)=C(Sc3ccc(Cl)cc3)C2=O)cc1. The Kier molecular flexibility index (Phi) is 6.77. The molecular formula is C26H23ClN2O3S. The Balaban J connectivity index is 1.71. The van der Waals surface area contributed by atoms with Gasteiger partial charge in [0.2, 0.25) is 0 Å². The van der Waals surface area contributed by atoms with Crippen LogP contribution in [-0.2, 0) is 9.59 Å². The van der Waals surface area contributed by atoms with Crippen LogP contribution >= 0.6 is 23.4 Å². The molecular weight excluding hydrogens is 456 g/mol.